The third kappa shape index (κ3) is 2.54. The van der Waals surface area contributed by atoms with Crippen molar-refractivity contribution in [3.8, 4) is 5.75 Å². The molecule has 2 nitrogen and oxygen atoms in total. The normalized spacial score (nSPS) is 11.5. The van der Waals surface area contributed by atoms with Crippen LogP contribution in [0.3, 0.4) is 0 Å². The zero-order valence-corrected chi connectivity index (χ0v) is 8.74. The largest absolute Gasteiger partial charge is 0.573 e. The highest BCUT2D eigenvalue weighted by atomic mass is 79.9. The molecule has 0 unspecified atom stereocenters. The maximum atomic E-state index is 11.9. The van der Waals surface area contributed by atoms with Gasteiger partial charge >= 0.3 is 6.36 Å². The van der Waals surface area contributed by atoms with E-state index in [1.807, 2.05) is 0 Å². The fourth-order valence-electron chi connectivity index (χ4n) is 0.879. The van der Waals surface area contributed by atoms with Crippen LogP contribution < -0.4 is 10.5 Å². The molecular weight excluding hydrogens is 263 g/mol. The zero-order valence-electron chi connectivity index (χ0n) is 7.15. The lowest BCUT2D eigenvalue weighted by Gasteiger charge is -2.12. The molecule has 78 valence electrons. The van der Waals surface area contributed by atoms with E-state index in [1.54, 1.807) is 6.92 Å². The monoisotopic (exact) mass is 269 g/mol. The van der Waals surface area contributed by atoms with Crippen LogP contribution in [0.15, 0.2) is 16.6 Å². The number of alkyl halides is 3. The minimum Gasteiger partial charge on any atom is -0.405 e. The van der Waals surface area contributed by atoms with Crippen molar-refractivity contribution in [1.82, 2.24) is 0 Å². The van der Waals surface area contributed by atoms with Crippen LogP contribution in [0.2, 0.25) is 0 Å². The summed E-state index contributed by atoms with van der Waals surface area (Å²) < 4.78 is 39.6. The maximum absolute atomic E-state index is 11.9. The summed E-state index contributed by atoms with van der Waals surface area (Å²) in [5.74, 6) is -0.288. The summed E-state index contributed by atoms with van der Waals surface area (Å²) in [6, 6.07) is 2.53. The molecule has 1 rings (SSSR count). The van der Waals surface area contributed by atoms with Crippen LogP contribution in [0.4, 0.5) is 18.9 Å². The Labute approximate surface area is 87.0 Å². The van der Waals surface area contributed by atoms with Gasteiger partial charge in [0.15, 0.2) is 0 Å². The Balaban J connectivity index is 3.06. The molecule has 0 aliphatic heterocycles. The van der Waals surface area contributed by atoms with E-state index in [4.69, 9.17) is 5.73 Å². The first-order valence-electron chi connectivity index (χ1n) is 3.61. The molecule has 0 spiro atoms. The summed E-state index contributed by atoms with van der Waals surface area (Å²) in [5.41, 5.74) is 6.42. The Bertz CT molecular complexity index is 351. The number of rotatable bonds is 1. The van der Waals surface area contributed by atoms with Gasteiger partial charge in [-0.1, -0.05) is 0 Å². The molecule has 1 aromatic carbocycles. The number of halogens is 4. The third-order valence-electron chi connectivity index (χ3n) is 1.62. The van der Waals surface area contributed by atoms with Gasteiger partial charge in [-0.2, -0.15) is 0 Å². The number of nitrogen functional groups attached to an aromatic ring is 1. The Morgan fingerprint density at radius 1 is 1.36 bits per heavy atom. The molecule has 0 bridgehead atoms. The molecule has 0 atom stereocenters. The molecule has 0 aromatic heterocycles. The Hall–Kier alpha value is -0.910. The van der Waals surface area contributed by atoms with Gasteiger partial charge < -0.3 is 10.5 Å². The van der Waals surface area contributed by atoms with E-state index in [9.17, 15) is 13.2 Å². The van der Waals surface area contributed by atoms with E-state index in [0.717, 1.165) is 0 Å². The third-order valence-corrected chi connectivity index (χ3v) is 2.60. The number of hydrogen-bond donors (Lipinski definition) is 1. The lowest BCUT2D eigenvalue weighted by Crippen LogP contribution is -2.17. The molecule has 2 N–H and O–H groups in total. The molecule has 0 saturated heterocycles. The first-order valence-corrected chi connectivity index (χ1v) is 4.41. The molecule has 0 amide bonds. The van der Waals surface area contributed by atoms with Gasteiger partial charge in [-0.3, -0.25) is 0 Å². The predicted molar refractivity (Wildman–Crippen MR) is 50.0 cm³/mol. The highest BCUT2D eigenvalue weighted by molar-refractivity contribution is 9.10. The van der Waals surface area contributed by atoms with Gasteiger partial charge in [-0.25, -0.2) is 0 Å². The van der Waals surface area contributed by atoms with Crippen LogP contribution >= 0.6 is 15.9 Å². The van der Waals surface area contributed by atoms with Crippen molar-refractivity contribution in [3.63, 3.8) is 0 Å². The molecule has 6 heteroatoms. The lowest BCUT2D eigenvalue weighted by atomic mass is 10.2. The summed E-state index contributed by atoms with van der Waals surface area (Å²) in [5, 5.41) is 0. The van der Waals surface area contributed by atoms with Gasteiger partial charge in [0.05, 0.1) is 4.47 Å². The number of anilines is 1. The molecule has 14 heavy (non-hydrogen) atoms. The van der Waals surface area contributed by atoms with Crippen molar-refractivity contribution < 1.29 is 17.9 Å². The van der Waals surface area contributed by atoms with Crippen molar-refractivity contribution in [2.45, 2.75) is 13.3 Å². The summed E-state index contributed by atoms with van der Waals surface area (Å²) in [6.45, 7) is 1.60. The lowest BCUT2D eigenvalue weighted by molar-refractivity contribution is -0.274. The van der Waals surface area contributed by atoms with E-state index in [0.29, 0.717) is 11.3 Å². The van der Waals surface area contributed by atoms with E-state index >= 15 is 0 Å². The summed E-state index contributed by atoms with van der Waals surface area (Å²) >= 11 is 2.98. The number of benzene rings is 1. The summed E-state index contributed by atoms with van der Waals surface area (Å²) in [4.78, 5) is 0. The molecular formula is C8H7BrF3NO. The fourth-order valence-corrected chi connectivity index (χ4v) is 1.32. The van der Waals surface area contributed by atoms with Crippen molar-refractivity contribution in [1.29, 1.82) is 0 Å². The summed E-state index contributed by atoms with van der Waals surface area (Å²) in [7, 11) is 0. The van der Waals surface area contributed by atoms with Crippen molar-refractivity contribution in [3.05, 3.63) is 22.2 Å². The molecule has 0 aliphatic carbocycles. The number of ether oxygens (including phenoxy) is 1. The smallest absolute Gasteiger partial charge is 0.405 e. The van der Waals surface area contributed by atoms with Gasteiger partial charge in [-0.05, 0) is 40.5 Å². The topological polar surface area (TPSA) is 35.2 Å². The molecule has 0 saturated carbocycles. The predicted octanol–water partition coefficient (Wildman–Crippen LogP) is 3.24. The van der Waals surface area contributed by atoms with Crippen LogP contribution in [-0.2, 0) is 0 Å². The second-order valence-electron chi connectivity index (χ2n) is 2.64. The van der Waals surface area contributed by atoms with E-state index in [-0.39, 0.29) is 10.2 Å². The van der Waals surface area contributed by atoms with Crippen molar-refractivity contribution >= 4 is 21.6 Å². The minimum atomic E-state index is -4.69. The average molecular weight is 270 g/mol. The molecule has 0 aliphatic rings. The second kappa shape index (κ2) is 3.68. The number of nitrogens with two attached hydrogens (primary N) is 1. The van der Waals surface area contributed by atoms with E-state index < -0.39 is 6.36 Å². The quantitative estimate of drug-likeness (QED) is 0.795. The molecule has 0 heterocycles. The fraction of sp³-hybridized carbons (Fsp3) is 0.250. The molecule has 1 aromatic rings. The highest BCUT2D eigenvalue weighted by Crippen LogP contribution is 2.34. The van der Waals surface area contributed by atoms with Crippen LogP contribution in [0, 0.1) is 6.92 Å². The van der Waals surface area contributed by atoms with Gasteiger partial charge in [0, 0.05) is 5.69 Å². The Morgan fingerprint density at radius 3 is 2.43 bits per heavy atom. The number of hydrogen-bond acceptors (Lipinski definition) is 2. The van der Waals surface area contributed by atoms with Gasteiger partial charge in [-0.15, -0.1) is 13.2 Å². The van der Waals surface area contributed by atoms with Crippen LogP contribution in [0.5, 0.6) is 5.75 Å². The maximum Gasteiger partial charge on any atom is 0.573 e. The first kappa shape index (κ1) is 11.2. The summed E-state index contributed by atoms with van der Waals surface area (Å²) in [6.07, 6.45) is -4.69. The first-order chi connectivity index (χ1) is 6.31. The zero-order chi connectivity index (χ0) is 10.9. The minimum absolute atomic E-state index is 0.217. The van der Waals surface area contributed by atoms with Gasteiger partial charge in [0.25, 0.3) is 0 Å². The van der Waals surface area contributed by atoms with Crippen molar-refractivity contribution in [2.75, 3.05) is 5.73 Å². The average Bonchev–Trinajstić information content (AvgIpc) is 2.04. The highest BCUT2D eigenvalue weighted by Gasteiger charge is 2.32. The molecule has 0 fully saturated rings. The molecule has 0 radical (unpaired) electrons. The van der Waals surface area contributed by atoms with Gasteiger partial charge in [0.1, 0.15) is 5.75 Å². The Kier molecular flexibility index (Phi) is 2.94. The van der Waals surface area contributed by atoms with Gasteiger partial charge in [0.2, 0.25) is 0 Å². The Morgan fingerprint density at radius 2 is 1.93 bits per heavy atom. The van der Waals surface area contributed by atoms with E-state index in [1.165, 1.54) is 12.1 Å². The van der Waals surface area contributed by atoms with E-state index in [2.05, 4.69) is 20.7 Å². The SMILES string of the molecule is Cc1c(N)ccc(OC(F)(F)F)c1Br. The second-order valence-corrected chi connectivity index (χ2v) is 3.43. The van der Waals surface area contributed by atoms with Crippen LogP contribution in [0.25, 0.3) is 0 Å². The van der Waals surface area contributed by atoms with Crippen LogP contribution in [-0.4, -0.2) is 6.36 Å². The van der Waals surface area contributed by atoms with Crippen LogP contribution in [0.1, 0.15) is 5.56 Å². The standard InChI is InChI=1S/C8H7BrF3NO/c1-4-5(13)2-3-6(7(4)9)14-8(10,11)12/h2-3H,13H2,1H3. The van der Waals surface area contributed by atoms with Crippen molar-refractivity contribution in [2.24, 2.45) is 0 Å².